The summed E-state index contributed by atoms with van der Waals surface area (Å²) in [6.45, 7) is 1.81. The molecule has 1 aromatic rings. The quantitative estimate of drug-likeness (QED) is 0.760. The number of nitrogens with zero attached hydrogens (tertiary/aromatic N) is 1. The fourth-order valence-corrected chi connectivity index (χ4v) is 3.20. The predicted molar refractivity (Wildman–Crippen MR) is 101 cm³/mol. The van der Waals surface area contributed by atoms with Crippen LogP contribution in [0.4, 0.5) is 5.69 Å². The van der Waals surface area contributed by atoms with Gasteiger partial charge in [-0.3, -0.25) is 4.79 Å². The third-order valence-corrected chi connectivity index (χ3v) is 4.87. The van der Waals surface area contributed by atoms with Crippen molar-refractivity contribution >= 4 is 51.7 Å². The number of carbonyl (C=O) groups excluding carboxylic acids is 1. The van der Waals surface area contributed by atoms with Gasteiger partial charge in [-0.05, 0) is 49.1 Å². The minimum atomic E-state index is -0.390. The number of anilines is 1. The highest BCUT2D eigenvalue weighted by Crippen LogP contribution is 2.22. The van der Waals surface area contributed by atoms with Gasteiger partial charge < -0.3 is 16.0 Å². The Labute approximate surface area is 151 Å². The Morgan fingerprint density at radius 1 is 1.50 bits per heavy atom. The van der Waals surface area contributed by atoms with Crippen molar-refractivity contribution in [3.05, 3.63) is 28.7 Å². The summed E-state index contributed by atoms with van der Waals surface area (Å²) >= 11 is 5.16. The topological polar surface area (TPSA) is 58.4 Å². The Hall–Kier alpha value is -0.430. The molecule has 1 saturated heterocycles. The zero-order chi connectivity index (χ0) is 15.2. The van der Waals surface area contributed by atoms with Crippen molar-refractivity contribution in [3.8, 4) is 0 Å². The maximum absolute atomic E-state index is 12.0. The number of halogens is 2. The Kier molecular flexibility index (Phi) is 8.61. The van der Waals surface area contributed by atoms with Crippen LogP contribution in [0.3, 0.4) is 0 Å². The van der Waals surface area contributed by atoms with Crippen molar-refractivity contribution in [1.82, 2.24) is 5.32 Å². The van der Waals surface area contributed by atoms with Crippen LogP contribution in [0.25, 0.3) is 0 Å². The minimum absolute atomic E-state index is 0. The van der Waals surface area contributed by atoms with Gasteiger partial charge in [0.1, 0.15) is 0 Å². The molecule has 0 aromatic heterocycles. The van der Waals surface area contributed by atoms with Crippen molar-refractivity contribution < 1.29 is 4.79 Å². The van der Waals surface area contributed by atoms with Gasteiger partial charge in [0.15, 0.2) is 0 Å². The van der Waals surface area contributed by atoms with Crippen LogP contribution < -0.4 is 16.0 Å². The van der Waals surface area contributed by atoms with Gasteiger partial charge in [-0.2, -0.15) is 11.8 Å². The van der Waals surface area contributed by atoms with E-state index in [-0.39, 0.29) is 30.4 Å². The lowest BCUT2D eigenvalue weighted by Crippen LogP contribution is -2.46. The van der Waals surface area contributed by atoms with Gasteiger partial charge >= 0.3 is 0 Å². The molecule has 0 spiro atoms. The molecule has 2 atom stereocenters. The van der Waals surface area contributed by atoms with E-state index in [1.54, 1.807) is 11.8 Å². The molecule has 1 aliphatic rings. The molecule has 0 bridgehead atoms. The van der Waals surface area contributed by atoms with Crippen molar-refractivity contribution in [2.75, 3.05) is 30.0 Å². The molecule has 1 heterocycles. The Balaban J connectivity index is 0.00000242. The van der Waals surface area contributed by atoms with E-state index in [9.17, 15) is 4.79 Å². The summed E-state index contributed by atoms with van der Waals surface area (Å²) in [4.78, 5) is 14.3. The number of carbonyl (C=O) groups is 1. The highest BCUT2D eigenvalue weighted by molar-refractivity contribution is 9.10. The highest BCUT2D eigenvalue weighted by atomic mass is 79.9. The summed E-state index contributed by atoms with van der Waals surface area (Å²) in [5.74, 6) is 0.899. The first-order chi connectivity index (χ1) is 10.1. The summed E-state index contributed by atoms with van der Waals surface area (Å²) < 4.78 is 1.08. The smallest absolute Gasteiger partial charge is 0.237 e. The number of amides is 1. The molecule has 3 N–H and O–H groups in total. The van der Waals surface area contributed by atoms with Gasteiger partial charge in [0.05, 0.1) is 6.04 Å². The Morgan fingerprint density at radius 2 is 2.18 bits per heavy atom. The second-order valence-corrected chi connectivity index (χ2v) is 7.21. The zero-order valence-electron chi connectivity index (χ0n) is 12.6. The maximum Gasteiger partial charge on any atom is 0.237 e. The average molecular weight is 409 g/mol. The molecule has 0 radical (unpaired) electrons. The molecule has 1 fully saturated rings. The van der Waals surface area contributed by atoms with Gasteiger partial charge in [0, 0.05) is 29.3 Å². The number of nitrogens with two attached hydrogens (primary N) is 1. The lowest BCUT2D eigenvalue weighted by Gasteiger charge is -2.20. The fraction of sp³-hybridized carbons (Fsp3) is 0.533. The van der Waals surface area contributed by atoms with Crippen LogP contribution in [0, 0.1) is 0 Å². The molecule has 7 heteroatoms. The number of benzene rings is 1. The first kappa shape index (κ1) is 19.6. The second-order valence-electron chi connectivity index (χ2n) is 5.30. The monoisotopic (exact) mass is 407 g/mol. The Bertz CT molecular complexity index is 474. The second kappa shape index (κ2) is 9.65. The number of nitrogens with one attached hydrogen (secondary N) is 1. The fourth-order valence-electron chi connectivity index (χ4n) is 2.45. The molecule has 1 aliphatic heterocycles. The number of thioether (sulfide) groups is 1. The molecule has 1 unspecified atom stereocenters. The first-order valence-corrected chi connectivity index (χ1v) is 9.34. The van der Waals surface area contributed by atoms with E-state index in [2.05, 4.69) is 38.3 Å². The Morgan fingerprint density at radius 3 is 2.82 bits per heavy atom. The molecular formula is C15H23BrClN3OS. The number of hydrogen-bond acceptors (Lipinski definition) is 4. The lowest BCUT2D eigenvalue weighted by atomic mass is 10.2. The molecule has 0 aliphatic carbocycles. The van der Waals surface area contributed by atoms with Crippen molar-refractivity contribution in [1.29, 1.82) is 0 Å². The average Bonchev–Trinajstić information content (AvgIpc) is 2.93. The van der Waals surface area contributed by atoms with E-state index < -0.39 is 0 Å². The first-order valence-electron chi connectivity index (χ1n) is 7.15. The SMILES string of the molecule is CSCC[C@H](N)C(=O)NC1CCN(c2ccc(Br)cc2)C1.Cl. The third kappa shape index (κ3) is 5.65. The molecule has 124 valence electrons. The van der Waals surface area contributed by atoms with Gasteiger partial charge in [-0.15, -0.1) is 12.4 Å². The van der Waals surface area contributed by atoms with Crippen LogP contribution in [0.15, 0.2) is 28.7 Å². The molecule has 1 aromatic carbocycles. The summed E-state index contributed by atoms with van der Waals surface area (Å²) in [6.07, 6.45) is 3.73. The van der Waals surface area contributed by atoms with E-state index in [4.69, 9.17) is 5.73 Å². The third-order valence-electron chi connectivity index (χ3n) is 3.70. The highest BCUT2D eigenvalue weighted by Gasteiger charge is 2.25. The number of rotatable bonds is 6. The number of hydrogen-bond donors (Lipinski definition) is 2. The van der Waals surface area contributed by atoms with Crippen molar-refractivity contribution in [3.63, 3.8) is 0 Å². The molecule has 4 nitrogen and oxygen atoms in total. The van der Waals surface area contributed by atoms with Gasteiger partial charge in [-0.25, -0.2) is 0 Å². The van der Waals surface area contributed by atoms with Crippen LogP contribution >= 0.6 is 40.1 Å². The van der Waals surface area contributed by atoms with Crippen LogP contribution in [-0.4, -0.2) is 43.1 Å². The van der Waals surface area contributed by atoms with Crippen LogP contribution in [0.5, 0.6) is 0 Å². The van der Waals surface area contributed by atoms with E-state index >= 15 is 0 Å². The summed E-state index contributed by atoms with van der Waals surface area (Å²) in [6, 6.07) is 8.08. The van der Waals surface area contributed by atoms with Crippen LogP contribution in [0.1, 0.15) is 12.8 Å². The largest absolute Gasteiger partial charge is 0.369 e. The normalized spacial score (nSPS) is 18.7. The van der Waals surface area contributed by atoms with Crippen molar-refractivity contribution in [2.24, 2.45) is 5.73 Å². The molecular weight excluding hydrogens is 386 g/mol. The standard InChI is InChI=1S/C15H22BrN3OS.ClH/c1-21-9-7-14(17)15(20)18-12-6-8-19(10-12)13-4-2-11(16)3-5-13;/h2-5,12,14H,6-10,17H2,1H3,(H,18,20);1H/t12?,14-;/m0./s1. The predicted octanol–water partition coefficient (Wildman–Crippen LogP) is 2.65. The molecule has 22 heavy (non-hydrogen) atoms. The molecule has 1 amide bonds. The van der Waals surface area contributed by atoms with E-state index in [1.807, 2.05) is 18.4 Å². The summed E-state index contributed by atoms with van der Waals surface area (Å²) in [7, 11) is 0. The minimum Gasteiger partial charge on any atom is -0.369 e. The van der Waals surface area contributed by atoms with Gasteiger partial charge in [0.2, 0.25) is 5.91 Å². The maximum atomic E-state index is 12.0. The van der Waals surface area contributed by atoms with E-state index in [0.29, 0.717) is 0 Å². The van der Waals surface area contributed by atoms with E-state index in [0.717, 1.165) is 36.2 Å². The van der Waals surface area contributed by atoms with Gasteiger partial charge in [0.25, 0.3) is 0 Å². The lowest BCUT2D eigenvalue weighted by molar-refractivity contribution is -0.122. The van der Waals surface area contributed by atoms with E-state index in [1.165, 1.54) is 5.69 Å². The summed E-state index contributed by atoms with van der Waals surface area (Å²) in [5, 5.41) is 3.07. The van der Waals surface area contributed by atoms with Crippen LogP contribution in [-0.2, 0) is 4.79 Å². The van der Waals surface area contributed by atoms with Crippen molar-refractivity contribution in [2.45, 2.75) is 24.9 Å². The van der Waals surface area contributed by atoms with Gasteiger partial charge in [-0.1, -0.05) is 15.9 Å². The zero-order valence-corrected chi connectivity index (χ0v) is 15.8. The molecule has 2 rings (SSSR count). The molecule has 0 saturated carbocycles. The van der Waals surface area contributed by atoms with Crippen LogP contribution in [0.2, 0.25) is 0 Å². The summed E-state index contributed by atoms with van der Waals surface area (Å²) in [5.41, 5.74) is 7.10.